The molecule has 0 atom stereocenters. The molecule has 0 bridgehead atoms. The van der Waals surface area contributed by atoms with Gasteiger partial charge in [-0.05, 0) is 67.3 Å². The summed E-state index contributed by atoms with van der Waals surface area (Å²) in [6.45, 7) is 1.07. The van der Waals surface area contributed by atoms with Crippen LogP contribution >= 0.6 is 0 Å². The molecular weight excluding hydrogens is 471 g/mol. The van der Waals surface area contributed by atoms with Gasteiger partial charge in [-0.2, -0.15) is 4.31 Å². The highest BCUT2D eigenvalue weighted by Gasteiger charge is 2.26. The summed E-state index contributed by atoms with van der Waals surface area (Å²) in [4.78, 5) is 29.2. The number of nitrogens with one attached hydrogen (secondary N) is 2. The lowest BCUT2D eigenvalue weighted by Gasteiger charge is -2.15. The van der Waals surface area contributed by atoms with Gasteiger partial charge in [-0.1, -0.05) is 18.2 Å². The molecule has 2 amide bonds. The number of pyridine rings is 1. The smallest absolute Gasteiger partial charge is 0.274 e. The van der Waals surface area contributed by atoms with E-state index in [0.29, 0.717) is 19.5 Å². The minimum absolute atomic E-state index is 0.0857. The van der Waals surface area contributed by atoms with E-state index in [-0.39, 0.29) is 34.3 Å². The molecule has 0 radical (unpaired) electrons. The minimum atomic E-state index is -3.49. The van der Waals surface area contributed by atoms with Crippen LogP contribution in [0, 0.1) is 5.82 Å². The Morgan fingerprint density at radius 2 is 1.69 bits per heavy atom. The Morgan fingerprint density at radius 1 is 0.943 bits per heavy atom. The van der Waals surface area contributed by atoms with Crippen molar-refractivity contribution in [3.8, 4) is 0 Å². The van der Waals surface area contributed by atoms with Gasteiger partial charge in [0.15, 0.2) is 0 Å². The lowest BCUT2D eigenvalue weighted by molar-refractivity contribution is -0.116. The van der Waals surface area contributed by atoms with E-state index in [1.807, 2.05) is 0 Å². The van der Waals surface area contributed by atoms with Crippen molar-refractivity contribution in [2.75, 3.05) is 23.7 Å². The van der Waals surface area contributed by atoms with Crippen molar-refractivity contribution in [2.24, 2.45) is 0 Å². The molecule has 1 aliphatic heterocycles. The molecule has 0 aliphatic carbocycles. The predicted molar refractivity (Wildman–Crippen MR) is 130 cm³/mol. The van der Waals surface area contributed by atoms with E-state index in [1.54, 1.807) is 42.5 Å². The van der Waals surface area contributed by atoms with Crippen molar-refractivity contribution < 1.29 is 22.4 Å². The summed E-state index contributed by atoms with van der Waals surface area (Å²) in [5, 5.41) is 5.27. The first-order valence-corrected chi connectivity index (χ1v) is 12.7. The number of carbonyl (C=O) groups is 2. The molecule has 1 aromatic heterocycles. The molecule has 1 aliphatic rings. The van der Waals surface area contributed by atoms with Crippen molar-refractivity contribution in [3.05, 3.63) is 83.9 Å². The average molecular weight is 497 g/mol. The van der Waals surface area contributed by atoms with Crippen molar-refractivity contribution in [1.29, 1.82) is 0 Å². The normalized spacial score (nSPS) is 14.0. The fourth-order valence-corrected chi connectivity index (χ4v) is 5.31. The summed E-state index contributed by atoms with van der Waals surface area (Å²) in [5.74, 6) is -1.43. The van der Waals surface area contributed by atoms with Gasteiger partial charge in [0.25, 0.3) is 5.91 Å². The Balaban J connectivity index is 1.37. The molecule has 10 heteroatoms. The van der Waals surface area contributed by atoms with Gasteiger partial charge in [-0.25, -0.2) is 12.8 Å². The standard InChI is InChI=1S/C25H25FN4O4S/c26-19-9-12-21(29-25(32)22-5-1-2-14-27-22)23(17-19)28-24(31)13-8-18-6-10-20(11-7-18)35(33,34)30-15-3-4-16-30/h1-2,5-7,9-12,14,17H,3-4,8,13,15-16H2,(H,28,31)(H,29,32). The van der Waals surface area contributed by atoms with E-state index in [9.17, 15) is 22.4 Å². The van der Waals surface area contributed by atoms with Gasteiger partial charge in [0.2, 0.25) is 15.9 Å². The number of rotatable bonds is 8. The van der Waals surface area contributed by atoms with Gasteiger partial charge in [0.05, 0.1) is 16.3 Å². The number of hydrogen-bond acceptors (Lipinski definition) is 5. The zero-order valence-electron chi connectivity index (χ0n) is 18.9. The van der Waals surface area contributed by atoms with Crippen LogP contribution in [0.2, 0.25) is 0 Å². The molecule has 2 N–H and O–H groups in total. The van der Waals surface area contributed by atoms with Crippen LogP contribution in [-0.4, -0.2) is 42.6 Å². The summed E-state index contributed by atoms with van der Waals surface area (Å²) in [6, 6.07) is 15.1. The van der Waals surface area contributed by atoms with Crippen LogP contribution in [-0.2, 0) is 21.2 Å². The molecule has 1 saturated heterocycles. The topological polar surface area (TPSA) is 108 Å². The molecule has 8 nitrogen and oxygen atoms in total. The molecule has 0 saturated carbocycles. The van der Waals surface area contributed by atoms with Crippen LogP contribution in [0.5, 0.6) is 0 Å². The van der Waals surface area contributed by atoms with E-state index < -0.39 is 21.7 Å². The van der Waals surface area contributed by atoms with Crippen LogP contribution in [0.25, 0.3) is 0 Å². The van der Waals surface area contributed by atoms with Gasteiger partial charge < -0.3 is 10.6 Å². The molecule has 1 fully saturated rings. The predicted octanol–water partition coefficient (Wildman–Crippen LogP) is 3.83. The second-order valence-corrected chi connectivity index (χ2v) is 10.1. The van der Waals surface area contributed by atoms with E-state index >= 15 is 0 Å². The summed E-state index contributed by atoms with van der Waals surface area (Å²) in [6.07, 6.45) is 3.67. The summed E-state index contributed by atoms with van der Waals surface area (Å²) in [7, 11) is -3.49. The average Bonchev–Trinajstić information content (AvgIpc) is 3.41. The zero-order chi connectivity index (χ0) is 24.8. The number of aryl methyl sites for hydroxylation is 1. The number of sulfonamides is 1. The van der Waals surface area contributed by atoms with Crippen molar-refractivity contribution in [2.45, 2.75) is 30.6 Å². The SMILES string of the molecule is O=C(CCc1ccc(S(=O)(=O)N2CCCC2)cc1)Nc1cc(F)ccc1NC(=O)c1ccccn1. The molecule has 182 valence electrons. The lowest BCUT2D eigenvalue weighted by atomic mass is 10.1. The Labute approximate surface area is 203 Å². The van der Waals surface area contributed by atoms with Gasteiger partial charge >= 0.3 is 0 Å². The number of halogens is 1. The summed E-state index contributed by atoms with van der Waals surface area (Å²) in [5.41, 5.74) is 1.35. The highest BCUT2D eigenvalue weighted by Crippen LogP contribution is 2.24. The molecule has 3 aromatic rings. The fourth-order valence-electron chi connectivity index (χ4n) is 3.79. The number of amides is 2. The molecule has 2 heterocycles. The minimum Gasteiger partial charge on any atom is -0.324 e. The van der Waals surface area contributed by atoms with Gasteiger partial charge in [0.1, 0.15) is 11.5 Å². The highest BCUT2D eigenvalue weighted by molar-refractivity contribution is 7.89. The van der Waals surface area contributed by atoms with E-state index in [4.69, 9.17) is 0 Å². The van der Waals surface area contributed by atoms with Crippen molar-refractivity contribution in [3.63, 3.8) is 0 Å². The van der Waals surface area contributed by atoms with E-state index in [0.717, 1.165) is 24.5 Å². The number of carbonyl (C=O) groups excluding carboxylic acids is 2. The first kappa shape index (κ1) is 24.5. The van der Waals surface area contributed by atoms with Crippen LogP contribution in [0.15, 0.2) is 71.8 Å². The first-order chi connectivity index (χ1) is 16.8. The maximum Gasteiger partial charge on any atom is 0.274 e. The number of benzene rings is 2. The lowest BCUT2D eigenvalue weighted by Crippen LogP contribution is -2.27. The molecule has 4 rings (SSSR count). The Kier molecular flexibility index (Phi) is 7.52. The number of hydrogen-bond donors (Lipinski definition) is 2. The molecule has 35 heavy (non-hydrogen) atoms. The third kappa shape index (κ3) is 6.09. The fraction of sp³-hybridized carbons (Fsp3) is 0.240. The van der Waals surface area contributed by atoms with Gasteiger partial charge in [-0.15, -0.1) is 0 Å². The second kappa shape index (κ2) is 10.7. The molecule has 2 aromatic carbocycles. The van der Waals surface area contributed by atoms with E-state index in [1.165, 1.54) is 22.6 Å². The summed E-state index contributed by atoms with van der Waals surface area (Å²) >= 11 is 0. The van der Waals surface area contributed by atoms with Crippen LogP contribution in [0.4, 0.5) is 15.8 Å². The number of aromatic nitrogens is 1. The highest BCUT2D eigenvalue weighted by atomic mass is 32.2. The largest absolute Gasteiger partial charge is 0.324 e. The quantitative estimate of drug-likeness (QED) is 0.493. The summed E-state index contributed by atoms with van der Waals surface area (Å²) < 4.78 is 40.6. The van der Waals surface area contributed by atoms with Crippen LogP contribution in [0.1, 0.15) is 35.3 Å². The van der Waals surface area contributed by atoms with Crippen molar-refractivity contribution >= 4 is 33.2 Å². The third-order valence-electron chi connectivity index (χ3n) is 5.67. The Morgan fingerprint density at radius 3 is 2.37 bits per heavy atom. The maximum atomic E-state index is 13.8. The zero-order valence-corrected chi connectivity index (χ0v) is 19.7. The monoisotopic (exact) mass is 496 g/mol. The second-order valence-electron chi connectivity index (χ2n) is 8.16. The van der Waals surface area contributed by atoms with Crippen molar-refractivity contribution in [1.82, 2.24) is 9.29 Å². The van der Waals surface area contributed by atoms with Crippen LogP contribution < -0.4 is 10.6 Å². The Bertz CT molecular complexity index is 1310. The number of anilines is 2. The molecule has 0 spiro atoms. The van der Waals surface area contributed by atoms with Crippen LogP contribution in [0.3, 0.4) is 0 Å². The van der Waals surface area contributed by atoms with Gasteiger partial charge in [0, 0.05) is 25.7 Å². The molecular formula is C25H25FN4O4S. The third-order valence-corrected chi connectivity index (χ3v) is 7.58. The van der Waals surface area contributed by atoms with E-state index in [2.05, 4.69) is 15.6 Å². The number of nitrogens with zero attached hydrogens (tertiary/aromatic N) is 2. The Hall–Kier alpha value is -3.63. The first-order valence-electron chi connectivity index (χ1n) is 11.2. The molecule has 0 unspecified atom stereocenters. The van der Waals surface area contributed by atoms with Gasteiger partial charge in [-0.3, -0.25) is 14.6 Å². The maximum absolute atomic E-state index is 13.8.